The van der Waals surface area contributed by atoms with Crippen LogP contribution in [-0.4, -0.2) is 35.2 Å². The van der Waals surface area contributed by atoms with Crippen LogP contribution in [0.4, 0.5) is 22.4 Å². The first-order valence-electron chi connectivity index (χ1n) is 6.34. The first-order chi connectivity index (χ1) is 9.77. The number of hydrogen-bond acceptors (Lipinski definition) is 2. The van der Waals surface area contributed by atoms with Crippen molar-refractivity contribution < 1.29 is 27.5 Å². The van der Waals surface area contributed by atoms with Crippen molar-refractivity contribution in [2.75, 3.05) is 13.1 Å². The third-order valence-corrected chi connectivity index (χ3v) is 3.39. The average Bonchev–Trinajstić information content (AvgIpc) is 2.85. The topological polar surface area (TPSA) is 52.6 Å². The highest BCUT2D eigenvalue weighted by Crippen LogP contribution is 2.31. The van der Waals surface area contributed by atoms with Crippen LogP contribution in [0.2, 0.25) is 0 Å². The molecule has 0 saturated carbocycles. The summed E-state index contributed by atoms with van der Waals surface area (Å²) in [6.45, 7) is 0.814. The minimum atomic E-state index is -4.73. The molecule has 1 aromatic carbocycles. The molecule has 4 nitrogen and oxygen atoms in total. The summed E-state index contributed by atoms with van der Waals surface area (Å²) in [5.41, 5.74) is -0.988. The monoisotopic (exact) mass is 306 g/mol. The number of rotatable bonds is 3. The molecule has 8 heteroatoms. The van der Waals surface area contributed by atoms with Crippen LogP contribution in [-0.2, 0) is 12.7 Å². The molecule has 1 aliphatic rings. The van der Waals surface area contributed by atoms with E-state index < -0.39 is 23.7 Å². The van der Waals surface area contributed by atoms with Crippen LogP contribution in [0.25, 0.3) is 0 Å². The number of nitrogens with one attached hydrogen (secondary N) is 1. The second kappa shape index (κ2) is 5.88. The molecule has 0 radical (unpaired) electrons. The van der Waals surface area contributed by atoms with Crippen LogP contribution >= 0.6 is 0 Å². The van der Waals surface area contributed by atoms with Crippen molar-refractivity contribution in [1.29, 1.82) is 0 Å². The van der Waals surface area contributed by atoms with E-state index in [1.54, 1.807) is 0 Å². The third kappa shape index (κ3) is 3.84. The van der Waals surface area contributed by atoms with E-state index >= 15 is 0 Å². The maximum Gasteiger partial charge on any atom is 0.419 e. The predicted octanol–water partition coefficient (Wildman–Crippen LogP) is 2.69. The average molecular weight is 306 g/mol. The zero-order valence-corrected chi connectivity index (χ0v) is 11.0. The van der Waals surface area contributed by atoms with Crippen molar-refractivity contribution in [3.8, 4) is 0 Å². The second-order valence-corrected chi connectivity index (χ2v) is 4.91. The molecule has 1 aliphatic heterocycles. The van der Waals surface area contributed by atoms with Crippen molar-refractivity contribution in [2.45, 2.75) is 25.2 Å². The van der Waals surface area contributed by atoms with E-state index in [1.165, 1.54) is 11.0 Å². The Hall–Kier alpha value is -1.83. The van der Waals surface area contributed by atoms with E-state index in [9.17, 15) is 22.4 Å². The lowest BCUT2D eigenvalue weighted by Gasteiger charge is -2.15. The number of hydrogen-bond donors (Lipinski definition) is 2. The molecule has 1 aromatic rings. The van der Waals surface area contributed by atoms with Gasteiger partial charge in [-0.2, -0.15) is 13.2 Å². The molecule has 116 valence electrons. The van der Waals surface area contributed by atoms with Gasteiger partial charge in [0.1, 0.15) is 5.82 Å². The van der Waals surface area contributed by atoms with E-state index in [2.05, 4.69) is 5.32 Å². The SMILES string of the molecule is O=C(O)N1CCC(NCc2ccc(F)c(C(F)(F)F)c2)C1. The summed E-state index contributed by atoms with van der Waals surface area (Å²) in [6, 6.07) is 2.73. The van der Waals surface area contributed by atoms with Crippen molar-refractivity contribution >= 4 is 6.09 Å². The Morgan fingerprint density at radius 2 is 2.14 bits per heavy atom. The molecule has 2 N–H and O–H groups in total. The van der Waals surface area contributed by atoms with Crippen LogP contribution in [0.5, 0.6) is 0 Å². The van der Waals surface area contributed by atoms with Gasteiger partial charge in [-0.1, -0.05) is 6.07 Å². The number of nitrogens with zero attached hydrogens (tertiary/aromatic N) is 1. The Morgan fingerprint density at radius 3 is 2.71 bits per heavy atom. The number of likely N-dealkylation sites (tertiary alicyclic amines) is 1. The fraction of sp³-hybridized carbons (Fsp3) is 0.462. The summed E-state index contributed by atoms with van der Waals surface area (Å²) in [5.74, 6) is -1.30. The minimum Gasteiger partial charge on any atom is -0.465 e. The van der Waals surface area contributed by atoms with Gasteiger partial charge >= 0.3 is 12.3 Å². The molecule has 1 amide bonds. The molecular formula is C13H14F4N2O2. The van der Waals surface area contributed by atoms with Gasteiger partial charge in [-0.3, -0.25) is 0 Å². The Morgan fingerprint density at radius 1 is 1.43 bits per heavy atom. The Kier molecular flexibility index (Phi) is 4.36. The molecule has 1 fully saturated rings. The van der Waals surface area contributed by atoms with Gasteiger partial charge in [0, 0.05) is 25.7 Å². The normalized spacial score (nSPS) is 19.0. The highest BCUT2D eigenvalue weighted by Gasteiger charge is 2.34. The number of carbonyl (C=O) groups is 1. The Bertz CT molecular complexity index is 533. The zero-order valence-electron chi connectivity index (χ0n) is 11.0. The minimum absolute atomic E-state index is 0.111. The second-order valence-electron chi connectivity index (χ2n) is 4.91. The van der Waals surface area contributed by atoms with E-state index in [0.717, 1.165) is 12.1 Å². The summed E-state index contributed by atoms with van der Waals surface area (Å²) in [6.07, 6.45) is -5.15. The zero-order chi connectivity index (χ0) is 15.6. The van der Waals surface area contributed by atoms with Crippen molar-refractivity contribution in [2.24, 2.45) is 0 Å². The molecule has 0 bridgehead atoms. The van der Waals surface area contributed by atoms with Crippen LogP contribution in [0.15, 0.2) is 18.2 Å². The maximum atomic E-state index is 13.1. The van der Waals surface area contributed by atoms with Crippen molar-refractivity contribution in [3.05, 3.63) is 35.1 Å². The molecular weight excluding hydrogens is 292 g/mol. The molecule has 2 rings (SSSR count). The molecule has 1 unspecified atom stereocenters. The summed E-state index contributed by atoms with van der Waals surface area (Å²) in [5, 5.41) is 11.8. The smallest absolute Gasteiger partial charge is 0.419 e. The van der Waals surface area contributed by atoms with Gasteiger partial charge in [0.05, 0.1) is 5.56 Å². The lowest BCUT2D eigenvalue weighted by Crippen LogP contribution is -2.34. The van der Waals surface area contributed by atoms with E-state index in [0.29, 0.717) is 25.1 Å². The van der Waals surface area contributed by atoms with Gasteiger partial charge in [-0.15, -0.1) is 0 Å². The summed E-state index contributed by atoms with van der Waals surface area (Å²) < 4.78 is 50.9. The van der Waals surface area contributed by atoms with Crippen LogP contribution in [0.1, 0.15) is 17.5 Å². The molecule has 0 aromatic heterocycles. The van der Waals surface area contributed by atoms with Gasteiger partial charge in [0.25, 0.3) is 0 Å². The highest BCUT2D eigenvalue weighted by molar-refractivity contribution is 5.65. The van der Waals surface area contributed by atoms with Gasteiger partial charge < -0.3 is 15.3 Å². The van der Waals surface area contributed by atoms with Crippen LogP contribution in [0.3, 0.4) is 0 Å². The van der Waals surface area contributed by atoms with Gasteiger partial charge in [0.15, 0.2) is 0 Å². The van der Waals surface area contributed by atoms with Crippen molar-refractivity contribution in [3.63, 3.8) is 0 Å². The predicted molar refractivity (Wildman–Crippen MR) is 66.2 cm³/mol. The standard InChI is InChI=1S/C13H14F4N2O2/c14-11-2-1-8(5-10(11)13(15,16)17)6-18-9-3-4-19(7-9)12(20)21/h1-2,5,9,18H,3-4,6-7H2,(H,20,21). The van der Waals surface area contributed by atoms with Gasteiger partial charge in [-0.25, -0.2) is 9.18 Å². The molecule has 0 aliphatic carbocycles. The highest BCUT2D eigenvalue weighted by atomic mass is 19.4. The molecule has 1 saturated heterocycles. The van der Waals surface area contributed by atoms with Crippen molar-refractivity contribution in [1.82, 2.24) is 10.2 Å². The first kappa shape index (κ1) is 15.6. The number of amides is 1. The Labute approximate surface area is 118 Å². The fourth-order valence-electron chi connectivity index (χ4n) is 2.26. The van der Waals surface area contributed by atoms with Crippen LogP contribution < -0.4 is 5.32 Å². The van der Waals surface area contributed by atoms with E-state index in [-0.39, 0.29) is 12.6 Å². The number of benzene rings is 1. The molecule has 0 spiro atoms. The fourth-order valence-corrected chi connectivity index (χ4v) is 2.26. The number of carboxylic acid groups (broad SMARTS) is 1. The molecule has 1 heterocycles. The largest absolute Gasteiger partial charge is 0.465 e. The Balaban J connectivity index is 1.97. The lowest BCUT2D eigenvalue weighted by atomic mass is 10.1. The first-order valence-corrected chi connectivity index (χ1v) is 6.34. The quantitative estimate of drug-likeness (QED) is 0.844. The maximum absolute atomic E-state index is 13.1. The van der Waals surface area contributed by atoms with E-state index in [1.807, 2.05) is 0 Å². The molecule has 1 atom stereocenters. The van der Waals surface area contributed by atoms with Gasteiger partial charge in [0.2, 0.25) is 0 Å². The summed E-state index contributed by atoms with van der Waals surface area (Å²) in [4.78, 5) is 12.0. The van der Waals surface area contributed by atoms with Gasteiger partial charge in [-0.05, 0) is 24.1 Å². The lowest BCUT2D eigenvalue weighted by molar-refractivity contribution is -0.140. The van der Waals surface area contributed by atoms with Crippen LogP contribution in [0, 0.1) is 5.82 Å². The summed E-state index contributed by atoms with van der Waals surface area (Å²) in [7, 11) is 0. The van der Waals surface area contributed by atoms with E-state index in [4.69, 9.17) is 5.11 Å². The third-order valence-electron chi connectivity index (χ3n) is 3.39. The number of halogens is 4. The summed E-state index contributed by atoms with van der Waals surface area (Å²) >= 11 is 0. The molecule has 21 heavy (non-hydrogen) atoms. The number of alkyl halides is 3.